The maximum Gasteiger partial charge on any atom is 0.250 e. The number of carbonyl (C=O) groups excluding carboxylic acids is 1. The van der Waals surface area contributed by atoms with E-state index in [0.717, 1.165) is 10.9 Å². The van der Waals surface area contributed by atoms with Crippen LogP contribution < -0.4 is 5.73 Å². The van der Waals surface area contributed by atoms with E-state index in [1.165, 1.54) is 6.07 Å². The van der Waals surface area contributed by atoms with Crippen molar-refractivity contribution in [1.29, 1.82) is 0 Å². The van der Waals surface area contributed by atoms with Crippen molar-refractivity contribution in [3.8, 4) is 0 Å². The summed E-state index contributed by atoms with van der Waals surface area (Å²) >= 11 is 6.05. The molecule has 0 bridgehead atoms. The average molecular weight is 303 g/mol. The topological polar surface area (TPSA) is 48.0 Å². The van der Waals surface area contributed by atoms with E-state index < -0.39 is 5.91 Å². The maximum atomic E-state index is 13.9. The number of primary amides is 1. The predicted molar refractivity (Wildman–Crippen MR) is 81.0 cm³/mol. The second-order valence-electron chi connectivity index (χ2n) is 4.75. The van der Waals surface area contributed by atoms with E-state index in [2.05, 4.69) is 0 Å². The Morgan fingerprint density at radius 2 is 1.95 bits per heavy atom. The number of rotatable bonds is 3. The quantitative estimate of drug-likeness (QED) is 0.790. The number of para-hydroxylation sites is 1. The number of hydrogen-bond acceptors (Lipinski definition) is 1. The first-order chi connectivity index (χ1) is 10.1. The van der Waals surface area contributed by atoms with Crippen LogP contribution in [-0.4, -0.2) is 10.5 Å². The highest BCUT2D eigenvalue weighted by Gasteiger charge is 2.14. The van der Waals surface area contributed by atoms with E-state index in [1.807, 2.05) is 24.3 Å². The minimum atomic E-state index is -0.510. The van der Waals surface area contributed by atoms with Crippen LogP contribution in [-0.2, 0) is 6.54 Å². The van der Waals surface area contributed by atoms with Gasteiger partial charge in [-0.05, 0) is 18.2 Å². The first-order valence-electron chi connectivity index (χ1n) is 6.38. The lowest BCUT2D eigenvalue weighted by Gasteiger charge is -2.08. The van der Waals surface area contributed by atoms with Gasteiger partial charge in [0.15, 0.2) is 0 Å². The molecular formula is C16H12ClFN2O. The number of halogens is 2. The molecule has 1 aromatic heterocycles. The molecular weight excluding hydrogens is 291 g/mol. The summed E-state index contributed by atoms with van der Waals surface area (Å²) in [5.41, 5.74) is 7.00. The highest BCUT2D eigenvalue weighted by molar-refractivity contribution is 6.31. The summed E-state index contributed by atoms with van der Waals surface area (Å²) in [6, 6.07) is 11.9. The second-order valence-corrected chi connectivity index (χ2v) is 5.16. The van der Waals surface area contributed by atoms with E-state index in [-0.39, 0.29) is 12.4 Å². The number of aromatic nitrogens is 1. The molecule has 3 aromatic rings. The lowest BCUT2D eigenvalue weighted by molar-refractivity contribution is 0.100. The highest BCUT2D eigenvalue weighted by Crippen LogP contribution is 2.25. The fraction of sp³-hybridized carbons (Fsp3) is 0.0625. The number of fused-ring (bicyclic) bond motifs is 1. The molecule has 0 saturated carbocycles. The maximum absolute atomic E-state index is 13.9. The van der Waals surface area contributed by atoms with E-state index >= 15 is 0 Å². The molecule has 0 saturated heterocycles. The third-order valence-corrected chi connectivity index (χ3v) is 3.80. The molecule has 0 radical (unpaired) electrons. The van der Waals surface area contributed by atoms with Crippen molar-refractivity contribution in [3.63, 3.8) is 0 Å². The number of hydrogen-bond donors (Lipinski definition) is 1. The first kappa shape index (κ1) is 13.6. The van der Waals surface area contributed by atoms with Crippen LogP contribution >= 0.6 is 11.6 Å². The van der Waals surface area contributed by atoms with Crippen molar-refractivity contribution in [1.82, 2.24) is 4.57 Å². The summed E-state index contributed by atoms with van der Waals surface area (Å²) < 4.78 is 15.7. The highest BCUT2D eigenvalue weighted by atomic mass is 35.5. The van der Waals surface area contributed by atoms with Crippen LogP contribution in [0, 0.1) is 5.82 Å². The van der Waals surface area contributed by atoms with Crippen molar-refractivity contribution in [2.45, 2.75) is 6.54 Å². The van der Waals surface area contributed by atoms with Gasteiger partial charge >= 0.3 is 0 Å². The van der Waals surface area contributed by atoms with Crippen molar-refractivity contribution in [2.75, 3.05) is 0 Å². The standard InChI is InChI=1S/C16H12ClFN2O/c17-13-5-3-6-14(18)12(13)9-20-8-11(16(19)21)10-4-1-2-7-15(10)20/h1-8H,9H2,(H2,19,21). The zero-order valence-corrected chi connectivity index (χ0v) is 11.8. The molecule has 5 heteroatoms. The largest absolute Gasteiger partial charge is 0.366 e. The lowest BCUT2D eigenvalue weighted by Crippen LogP contribution is -2.10. The van der Waals surface area contributed by atoms with Gasteiger partial charge in [-0.25, -0.2) is 4.39 Å². The van der Waals surface area contributed by atoms with Gasteiger partial charge in [0.1, 0.15) is 5.82 Å². The minimum absolute atomic E-state index is 0.235. The van der Waals surface area contributed by atoms with Gasteiger partial charge in [0.2, 0.25) is 0 Å². The molecule has 0 spiro atoms. The van der Waals surface area contributed by atoms with Crippen molar-refractivity contribution >= 4 is 28.4 Å². The predicted octanol–water partition coefficient (Wildman–Crippen LogP) is 3.58. The van der Waals surface area contributed by atoms with Gasteiger partial charge in [0.25, 0.3) is 5.91 Å². The van der Waals surface area contributed by atoms with E-state index in [0.29, 0.717) is 16.1 Å². The van der Waals surface area contributed by atoms with Gasteiger partial charge in [-0.2, -0.15) is 0 Å². The number of amides is 1. The fourth-order valence-electron chi connectivity index (χ4n) is 2.43. The summed E-state index contributed by atoms with van der Waals surface area (Å²) in [4.78, 5) is 11.5. The number of nitrogens with zero attached hydrogens (tertiary/aromatic N) is 1. The third-order valence-electron chi connectivity index (χ3n) is 3.44. The number of benzene rings is 2. The summed E-state index contributed by atoms with van der Waals surface area (Å²) in [7, 11) is 0. The van der Waals surface area contributed by atoms with Gasteiger partial charge in [-0.1, -0.05) is 35.9 Å². The molecule has 1 heterocycles. The summed E-state index contributed by atoms with van der Waals surface area (Å²) in [6.45, 7) is 0.235. The van der Waals surface area contributed by atoms with Crippen molar-refractivity contribution in [2.24, 2.45) is 5.73 Å². The monoisotopic (exact) mass is 302 g/mol. The Morgan fingerprint density at radius 1 is 1.19 bits per heavy atom. The van der Waals surface area contributed by atoms with Crippen LogP contribution in [0.4, 0.5) is 4.39 Å². The van der Waals surface area contributed by atoms with Crippen LogP contribution in [0.5, 0.6) is 0 Å². The Kier molecular flexibility index (Phi) is 3.39. The zero-order chi connectivity index (χ0) is 15.0. The number of carbonyl (C=O) groups is 1. The van der Waals surface area contributed by atoms with Gasteiger partial charge in [0, 0.05) is 27.7 Å². The smallest absolute Gasteiger partial charge is 0.250 e. The van der Waals surface area contributed by atoms with Crippen LogP contribution in [0.2, 0.25) is 5.02 Å². The molecule has 2 aromatic carbocycles. The fourth-order valence-corrected chi connectivity index (χ4v) is 2.65. The summed E-state index contributed by atoms with van der Waals surface area (Å²) in [5.74, 6) is -0.884. The Morgan fingerprint density at radius 3 is 2.67 bits per heavy atom. The second kappa shape index (κ2) is 5.22. The van der Waals surface area contributed by atoms with Gasteiger partial charge in [-0.3, -0.25) is 4.79 Å². The van der Waals surface area contributed by atoms with Gasteiger partial charge in [-0.15, -0.1) is 0 Å². The van der Waals surface area contributed by atoms with E-state index in [9.17, 15) is 9.18 Å². The minimum Gasteiger partial charge on any atom is -0.366 e. The van der Waals surface area contributed by atoms with Crippen LogP contribution in [0.25, 0.3) is 10.9 Å². The molecule has 3 rings (SSSR count). The summed E-state index contributed by atoms with van der Waals surface area (Å²) in [5, 5.41) is 1.10. The van der Waals surface area contributed by atoms with Crippen LogP contribution in [0.3, 0.4) is 0 Å². The molecule has 0 aliphatic rings. The molecule has 21 heavy (non-hydrogen) atoms. The van der Waals surface area contributed by atoms with Gasteiger partial charge < -0.3 is 10.3 Å². The average Bonchev–Trinajstić information content (AvgIpc) is 2.82. The molecule has 3 nitrogen and oxygen atoms in total. The third kappa shape index (κ3) is 2.38. The van der Waals surface area contributed by atoms with Crippen LogP contribution in [0.15, 0.2) is 48.7 Å². The van der Waals surface area contributed by atoms with Crippen LogP contribution in [0.1, 0.15) is 15.9 Å². The SMILES string of the molecule is NC(=O)c1cn(Cc2c(F)cccc2Cl)c2ccccc12. The molecule has 0 fully saturated rings. The van der Waals surface area contributed by atoms with Gasteiger partial charge in [0.05, 0.1) is 12.1 Å². The Hall–Kier alpha value is -2.33. The van der Waals surface area contributed by atoms with E-state index in [1.54, 1.807) is 22.9 Å². The van der Waals surface area contributed by atoms with Crippen molar-refractivity contribution in [3.05, 3.63) is 70.6 Å². The van der Waals surface area contributed by atoms with Crippen molar-refractivity contribution < 1.29 is 9.18 Å². The molecule has 1 amide bonds. The normalized spacial score (nSPS) is 11.0. The Balaban J connectivity index is 2.15. The molecule has 106 valence electrons. The molecule has 0 aliphatic heterocycles. The zero-order valence-electron chi connectivity index (χ0n) is 11.0. The number of nitrogens with two attached hydrogens (primary N) is 1. The molecule has 0 aliphatic carbocycles. The Bertz CT molecular complexity index is 821. The lowest BCUT2D eigenvalue weighted by atomic mass is 10.2. The Labute approximate surface area is 125 Å². The molecule has 0 atom stereocenters. The van der Waals surface area contributed by atoms with E-state index in [4.69, 9.17) is 17.3 Å². The molecule has 2 N–H and O–H groups in total. The summed E-state index contributed by atoms with van der Waals surface area (Å²) in [6.07, 6.45) is 1.63. The molecule has 0 unspecified atom stereocenters. The first-order valence-corrected chi connectivity index (χ1v) is 6.76.